The highest BCUT2D eigenvalue weighted by atomic mass is 16.5. The smallest absolute Gasteiger partial charge is 0.0774 e. The standard InChI is InChI=1S/C7H15O2/c1-6(8)5-9-7(2,3)4/h6,8H,1,5H2,2-4H3. The van der Waals surface area contributed by atoms with Crippen molar-refractivity contribution >= 4 is 0 Å². The van der Waals surface area contributed by atoms with Crippen LogP contribution < -0.4 is 0 Å². The summed E-state index contributed by atoms with van der Waals surface area (Å²) in [6, 6.07) is 0. The fourth-order valence-corrected chi connectivity index (χ4v) is 0.346. The lowest BCUT2D eigenvalue weighted by atomic mass is 10.2. The molecule has 0 fully saturated rings. The van der Waals surface area contributed by atoms with Gasteiger partial charge >= 0.3 is 0 Å². The molecule has 1 radical (unpaired) electrons. The Morgan fingerprint density at radius 1 is 1.56 bits per heavy atom. The van der Waals surface area contributed by atoms with Crippen molar-refractivity contribution in [1.29, 1.82) is 0 Å². The highest BCUT2D eigenvalue weighted by Gasteiger charge is 2.10. The maximum absolute atomic E-state index is 8.68. The zero-order valence-electron chi connectivity index (χ0n) is 6.35. The molecule has 0 amide bonds. The van der Waals surface area contributed by atoms with E-state index in [-0.39, 0.29) is 5.60 Å². The molecule has 0 aromatic rings. The lowest BCUT2D eigenvalue weighted by Gasteiger charge is -2.20. The van der Waals surface area contributed by atoms with E-state index >= 15 is 0 Å². The summed E-state index contributed by atoms with van der Waals surface area (Å²) in [7, 11) is 0. The average molecular weight is 131 g/mol. The molecule has 0 saturated carbocycles. The lowest BCUT2D eigenvalue weighted by molar-refractivity contribution is -0.0374. The number of rotatable bonds is 2. The van der Waals surface area contributed by atoms with E-state index in [1.54, 1.807) is 0 Å². The third kappa shape index (κ3) is 7.92. The number of ether oxygens (including phenoxy) is 1. The molecule has 0 aromatic heterocycles. The van der Waals surface area contributed by atoms with Gasteiger partial charge in [0.05, 0.1) is 18.3 Å². The Labute approximate surface area is 56.8 Å². The summed E-state index contributed by atoms with van der Waals surface area (Å²) in [5, 5.41) is 8.68. The molecule has 0 saturated heterocycles. The van der Waals surface area contributed by atoms with Crippen LogP contribution in [0.1, 0.15) is 20.8 Å². The van der Waals surface area contributed by atoms with E-state index < -0.39 is 6.10 Å². The molecule has 55 valence electrons. The van der Waals surface area contributed by atoms with Gasteiger partial charge in [0.2, 0.25) is 0 Å². The minimum Gasteiger partial charge on any atom is -0.391 e. The molecule has 1 atom stereocenters. The summed E-state index contributed by atoms with van der Waals surface area (Å²) in [6.45, 7) is 9.50. The lowest BCUT2D eigenvalue weighted by Crippen LogP contribution is -2.24. The first kappa shape index (κ1) is 8.92. The van der Waals surface area contributed by atoms with Crippen molar-refractivity contribution in [1.82, 2.24) is 0 Å². The van der Waals surface area contributed by atoms with Crippen molar-refractivity contribution in [2.45, 2.75) is 32.5 Å². The second-order valence-electron chi connectivity index (χ2n) is 3.08. The number of hydrogen-bond acceptors (Lipinski definition) is 2. The highest BCUT2D eigenvalue weighted by molar-refractivity contribution is 4.62. The molecule has 1 N–H and O–H groups in total. The van der Waals surface area contributed by atoms with Crippen molar-refractivity contribution in [3.05, 3.63) is 6.92 Å². The van der Waals surface area contributed by atoms with Gasteiger partial charge in [0.1, 0.15) is 0 Å². The fourth-order valence-electron chi connectivity index (χ4n) is 0.346. The summed E-state index contributed by atoms with van der Waals surface area (Å²) in [4.78, 5) is 0. The van der Waals surface area contributed by atoms with Gasteiger partial charge in [0, 0.05) is 0 Å². The van der Waals surface area contributed by atoms with Crippen molar-refractivity contribution < 1.29 is 9.84 Å². The molecule has 0 rings (SSSR count). The van der Waals surface area contributed by atoms with Crippen molar-refractivity contribution in [2.75, 3.05) is 6.61 Å². The molecule has 0 spiro atoms. The topological polar surface area (TPSA) is 29.5 Å². The maximum Gasteiger partial charge on any atom is 0.0774 e. The zero-order valence-corrected chi connectivity index (χ0v) is 6.35. The molecule has 0 aromatic carbocycles. The van der Waals surface area contributed by atoms with Gasteiger partial charge in [-0.05, 0) is 27.7 Å². The van der Waals surface area contributed by atoms with Gasteiger partial charge in [0.25, 0.3) is 0 Å². The van der Waals surface area contributed by atoms with Gasteiger partial charge in [-0.15, -0.1) is 0 Å². The first-order valence-electron chi connectivity index (χ1n) is 3.07. The number of aliphatic hydroxyl groups excluding tert-OH is 1. The second-order valence-corrected chi connectivity index (χ2v) is 3.08. The van der Waals surface area contributed by atoms with Crippen LogP contribution in [0.2, 0.25) is 0 Å². The molecule has 0 aliphatic rings. The minimum atomic E-state index is -0.607. The summed E-state index contributed by atoms with van der Waals surface area (Å²) in [5.41, 5.74) is -0.168. The quantitative estimate of drug-likeness (QED) is 0.605. The molecular weight excluding hydrogens is 116 g/mol. The van der Waals surface area contributed by atoms with Gasteiger partial charge < -0.3 is 9.84 Å². The third-order valence-corrected chi connectivity index (χ3v) is 0.709. The SMILES string of the molecule is [CH2]C(O)COC(C)(C)C. The molecule has 9 heavy (non-hydrogen) atoms. The van der Waals surface area contributed by atoms with E-state index in [9.17, 15) is 0 Å². The monoisotopic (exact) mass is 131 g/mol. The Balaban J connectivity index is 3.28. The summed E-state index contributed by atoms with van der Waals surface area (Å²) < 4.78 is 5.18. The van der Waals surface area contributed by atoms with Crippen LogP contribution >= 0.6 is 0 Å². The average Bonchev–Trinajstić information content (AvgIpc) is 1.59. The molecule has 1 unspecified atom stereocenters. The number of aliphatic hydroxyl groups is 1. The Kier molecular flexibility index (Phi) is 3.15. The van der Waals surface area contributed by atoms with Gasteiger partial charge in [-0.2, -0.15) is 0 Å². The molecule has 0 bridgehead atoms. The maximum atomic E-state index is 8.68. The molecule has 2 heteroatoms. The van der Waals surface area contributed by atoms with Crippen molar-refractivity contribution in [3.8, 4) is 0 Å². The Morgan fingerprint density at radius 2 is 2.00 bits per heavy atom. The van der Waals surface area contributed by atoms with Crippen LogP contribution in [0.25, 0.3) is 0 Å². The first-order valence-corrected chi connectivity index (χ1v) is 3.07. The zero-order chi connectivity index (χ0) is 7.49. The van der Waals surface area contributed by atoms with Gasteiger partial charge in [-0.25, -0.2) is 0 Å². The second kappa shape index (κ2) is 3.18. The summed E-state index contributed by atoms with van der Waals surface area (Å²) in [6.07, 6.45) is -0.607. The molecular formula is C7H15O2. The Morgan fingerprint density at radius 3 is 2.11 bits per heavy atom. The Hall–Kier alpha value is -0.0800. The van der Waals surface area contributed by atoms with E-state index in [1.807, 2.05) is 20.8 Å². The molecule has 0 aliphatic carbocycles. The van der Waals surface area contributed by atoms with Gasteiger partial charge in [-0.3, -0.25) is 0 Å². The van der Waals surface area contributed by atoms with E-state index in [0.29, 0.717) is 6.61 Å². The fraction of sp³-hybridized carbons (Fsp3) is 0.857. The minimum absolute atomic E-state index is 0.168. The van der Waals surface area contributed by atoms with Crippen LogP contribution in [0.3, 0.4) is 0 Å². The van der Waals surface area contributed by atoms with Crippen LogP contribution in [-0.4, -0.2) is 23.4 Å². The Bertz CT molecular complexity index is 71.5. The van der Waals surface area contributed by atoms with E-state index in [1.165, 1.54) is 0 Å². The van der Waals surface area contributed by atoms with Crippen LogP contribution in [0.4, 0.5) is 0 Å². The predicted octanol–water partition coefficient (Wildman–Crippen LogP) is 0.996. The van der Waals surface area contributed by atoms with Crippen LogP contribution in [0.5, 0.6) is 0 Å². The van der Waals surface area contributed by atoms with Crippen molar-refractivity contribution in [3.63, 3.8) is 0 Å². The largest absolute Gasteiger partial charge is 0.391 e. The molecule has 2 nitrogen and oxygen atoms in total. The predicted molar refractivity (Wildman–Crippen MR) is 37.1 cm³/mol. The summed E-state index contributed by atoms with van der Waals surface area (Å²) in [5.74, 6) is 0. The van der Waals surface area contributed by atoms with Gasteiger partial charge in [-0.1, -0.05) is 0 Å². The normalized spacial score (nSPS) is 15.7. The number of hydrogen-bond donors (Lipinski definition) is 1. The van der Waals surface area contributed by atoms with Crippen LogP contribution in [0, 0.1) is 6.92 Å². The first-order chi connectivity index (χ1) is 3.92. The van der Waals surface area contributed by atoms with Crippen molar-refractivity contribution in [2.24, 2.45) is 0 Å². The highest BCUT2D eigenvalue weighted by Crippen LogP contribution is 2.06. The van der Waals surface area contributed by atoms with Gasteiger partial charge in [0.15, 0.2) is 0 Å². The van der Waals surface area contributed by atoms with E-state index in [0.717, 1.165) is 0 Å². The molecule has 0 aliphatic heterocycles. The van der Waals surface area contributed by atoms with E-state index in [2.05, 4.69) is 6.92 Å². The molecule has 0 heterocycles. The third-order valence-electron chi connectivity index (χ3n) is 0.709. The summed E-state index contributed by atoms with van der Waals surface area (Å²) >= 11 is 0. The van der Waals surface area contributed by atoms with Crippen LogP contribution in [-0.2, 0) is 4.74 Å². The van der Waals surface area contributed by atoms with E-state index in [4.69, 9.17) is 9.84 Å². The van der Waals surface area contributed by atoms with Crippen LogP contribution in [0.15, 0.2) is 0 Å².